The largest absolute Gasteiger partial charge is 0.494 e. The van der Waals surface area contributed by atoms with Gasteiger partial charge in [0.2, 0.25) is 5.91 Å². The van der Waals surface area contributed by atoms with Crippen molar-refractivity contribution in [1.82, 2.24) is 0 Å². The second-order valence-corrected chi connectivity index (χ2v) is 8.95. The maximum atomic E-state index is 11.4. The summed E-state index contributed by atoms with van der Waals surface area (Å²) >= 11 is 8.76. The molecule has 2 aromatic carbocycles. The van der Waals surface area contributed by atoms with Crippen molar-refractivity contribution in [3.8, 4) is 5.75 Å². The maximum Gasteiger partial charge on any atom is 0.224 e. The van der Waals surface area contributed by atoms with Crippen LogP contribution in [0.5, 0.6) is 5.75 Å². The number of nitrogens with two attached hydrogens (primary N) is 1. The molecule has 3 N–H and O–H groups in total. The van der Waals surface area contributed by atoms with Crippen LogP contribution in [0.1, 0.15) is 24.8 Å². The van der Waals surface area contributed by atoms with Gasteiger partial charge in [-0.05, 0) is 92.8 Å². The van der Waals surface area contributed by atoms with Gasteiger partial charge in [0.1, 0.15) is 5.75 Å². The first-order valence-electron chi connectivity index (χ1n) is 8.46. The second-order valence-electron chi connectivity index (χ2n) is 6.07. The molecule has 0 bridgehead atoms. The Morgan fingerprint density at radius 1 is 1.12 bits per heavy atom. The Morgan fingerprint density at radius 3 is 2.65 bits per heavy atom. The molecule has 0 aliphatic carbocycles. The summed E-state index contributed by atoms with van der Waals surface area (Å²) in [4.78, 5) is 12.6. The molecule has 138 valence electrons. The van der Waals surface area contributed by atoms with Gasteiger partial charge in [-0.2, -0.15) is 0 Å². The highest BCUT2D eigenvalue weighted by molar-refractivity contribution is 9.11. The topological polar surface area (TPSA) is 64.3 Å². The van der Waals surface area contributed by atoms with Crippen LogP contribution in [-0.4, -0.2) is 18.3 Å². The van der Waals surface area contributed by atoms with Gasteiger partial charge in [-0.15, -0.1) is 11.8 Å². The molecule has 1 heterocycles. The lowest BCUT2D eigenvalue weighted by atomic mass is 10.0. The molecular weight excluding hydrogens is 480 g/mol. The Bertz CT molecular complexity index is 791. The first-order valence-corrected chi connectivity index (χ1v) is 11.0. The molecule has 0 radical (unpaired) electrons. The summed E-state index contributed by atoms with van der Waals surface area (Å²) < 4.78 is 7.69. The van der Waals surface area contributed by atoms with Crippen LogP contribution >= 0.6 is 43.6 Å². The number of fused-ring (bicyclic) bond motifs is 1. The predicted octanol–water partition coefficient (Wildman–Crippen LogP) is 5.63. The molecule has 1 aliphatic rings. The molecule has 0 saturated carbocycles. The van der Waals surface area contributed by atoms with E-state index in [0.717, 1.165) is 56.6 Å². The van der Waals surface area contributed by atoms with Crippen molar-refractivity contribution in [3.05, 3.63) is 44.8 Å². The zero-order chi connectivity index (χ0) is 18.5. The van der Waals surface area contributed by atoms with E-state index >= 15 is 0 Å². The number of rotatable bonds is 7. The monoisotopic (exact) mass is 498 g/mol. The van der Waals surface area contributed by atoms with Gasteiger partial charge in [-0.3, -0.25) is 4.79 Å². The molecule has 2 aromatic rings. The van der Waals surface area contributed by atoms with E-state index in [1.807, 2.05) is 42.1 Å². The molecule has 0 saturated heterocycles. The first kappa shape index (κ1) is 19.6. The summed E-state index contributed by atoms with van der Waals surface area (Å²) in [5.74, 6) is 1.99. The van der Waals surface area contributed by atoms with Gasteiger partial charge in [0, 0.05) is 25.9 Å². The summed E-state index contributed by atoms with van der Waals surface area (Å²) in [5.41, 5.74) is 8.70. The van der Waals surface area contributed by atoms with E-state index < -0.39 is 0 Å². The normalized spacial score (nSPS) is 13.2. The maximum absolute atomic E-state index is 11.4. The number of ether oxygens (including phenoxy) is 1. The van der Waals surface area contributed by atoms with Crippen molar-refractivity contribution in [2.75, 3.05) is 23.4 Å². The van der Waals surface area contributed by atoms with Gasteiger partial charge in [-0.1, -0.05) is 0 Å². The van der Waals surface area contributed by atoms with E-state index in [0.29, 0.717) is 13.0 Å². The standard InChI is InChI=1S/C19H20Br2N2O2S/c20-15-10-14(11-16(21)19(15)22)26-8-2-1-7-25-13-4-5-17-12(9-13)3-6-18(24)23-17/h4-5,9-11H,1-3,6-8,22H2,(H,23,24). The van der Waals surface area contributed by atoms with Crippen LogP contribution in [0.2, 0.25) is 0 Å². The lowest BCUT2D eigenvalue weighted by molar-refractivity contribution is -0.116. The fraction of sp³-hybridized carbons (Fsp3) is 0.316. The van der Waals surface area contributed by atoms with Crippen LogP contribution in [-0.2, 0) is 11.2 Å². The second kappa shape index (κ2) is 9.15. The number of aryl methyl sites for hydroxylation is 1. The quantitative estimate of drug-likeness (QED) is 0.294. The van der Waals surface area contributed by atoms with Crippen molar-refractivity contribution < 1.29 is 9.53 Å². The number of hydrogen-bond acceptors (Lipinski definition) is 4. The summed E-state index contributed by atoms with van der Waals surface area (Å²) in [5, 5.41) is 2.89. The number of unbranched alkanes of at least 4 members (excludes halogenated alkanes) is 1. The van der Waals surface area contributed by atoms with Gasteiger partial charge in [-0.25, -0.2) is 0 Å². The Balaban J connectivity index is 1.39. The molecule has 4 nitrogen and oxygen atoms in total. The van der Waals surface area contributed by atoms with Crippen molar-refractivity contribution in [3.63, 3.8) is 0 Å². The number of amides is 1. The SMILES string of the molecule is Nc1c(Br)cc(SCCCCOc2ccc3c(c2)CCC(=O)N3)cc1Br. The number of carbonyl (C=O) groups is 1. The fourth-order valence-corrected chi connectivity index (χ4v) is 5.15. The van der Waals surface area contributed by atoms with Gasteiger partial charge in [0.15, 0.2) is 0 Å². The van der Waals surface area contributed by atoms with E-state index in [4.69, 9.17) is 10.5 Å². The number of anilines is 2. The highest BCUT2D eigenvalue weighted by atomic mass is 79.9. The predicted molar refractivity (Wildman–Crippen MR) is 115 cm³/mol. The van der Waals surface area contributed by atoms with Gasteiger partial charge >= 0.3 is 0 Å². The minimum atomic E-state index is 0.0869. The molecule has 1 aliphatic heterocycles. The average Bonchev–Trinajstić information content (AvgIpc) is 2.62. The van der Waals surface area contributed by atoms with E-state index in [1.54, 1.807) is 0 Å². The summed E-state index contributed by atoms with van der Waals surface area (Å²) in [6.45, 7) is 0.695. The van der Waals surface area contributed by atoms with E-state index in [1.165, 1.54) is 4.90 Å². The van der Waals surface area contributed by atoms with Crippen molar-refractivity contribution in [2.45, 2.75) is 30.6 Å². The number of nitrogens with one attached hydrogen (secondary N) is 1. The zero-order valence-corrected chi connectivity index (χ0v) is 18.2. The first-order chi connectivity index (χ1) is 12.5. The van der Waals surface area contributed by atoms with Crippen LogP contribution in [0, 0.1) is 0 Å². The number of carbonyl (C=O) groups excluding carboxylic acids is 1. The Kier molecular flexibility index (Phi) is 6.89. The third kappa shape index (κ3) is 5.18. The molecule has 0 atom stereocenters. The van der Waals surface area contributed by atoms with Crippen LogP contribution in [0.25, 0.3) is 0 Å². The number of benzene rings is 2. The number of halogens is 2. The Labute approximate surface area is 174 Å². The van der Waals surface area contributed by atoms with Gasteiger partial charge in [0.05, 0.1) is 12.3 Å². The molecule has 0 aromatic heterocycles. The number of hydrogen-bond donors (Lipinski definition) is 2. The fourth-order valence-electron chi connectivity index (χ4n) is 2.68. The molecule has 0 fully saturated rings. The van der Waals surface area contributed by atoms with E-state index in [2.05, 4.69) is 37.2 Å². The smallest absolute Gasteiger partial charge is 0.224 e. The average molecular weight is 500 g/mol. The van der Waals surface area contributed by atoms with E-state index in [9.17, 15) is 4.79 Å². The molecular formula is C19H20Br2N2O2S. The van der Waals surface area contributed by atoms with Crippen LogP contribution in [0.4, 0.5) is 11.4 Å². The molecule has 0 unspecified atom stereocenters. The molecule has 1 amide bonds. The molecule has 3 rings (SSSR count). The molecule has 0 spiro atoms. The van der Waals surface area contributed by atoms with Crippen LogP contribution < -0.4 is 15.8 Å². The Morgan fingerprint density at radius 2 is 1.88 bits per heavy atom. The highest BCUT2D eigenvalue weighted by Crippen LogP contribution is 2.34. The minimum absolute atomic E-state index is 0.0869. The molecule has 7 heteroatoms. The van der Waals surface area contributed by atoms with Crippen molar-refractivity contribution in [2.24, 2.45) is 0 Å². The Hall–Kier alpha value is -1.18. The van der Waals surface area contributed by atoms with Crippen LogP contribution in [0.15, 0.2) is 44.2 Å². The highest BCUT2D eigenvalue weighted by Gasteiger charge is 2.14. The number of nitrogen functional groups attached to an aromatic ring is 1. The lowest BCUT2D eigenvalue weighted by Gasteiger charge is -2.17. The zero-order valence-electron chi connectivity index (χ0n) is 14.2. The third-order valence-corrected chi connectivity index (χ3v) is 6.47. The van der Waals surface area contributed by atoms with Crippen LogP contribution in [0.3, 0.4) is 0 Å². The third-order valence-electron chi connectivity index (χ3n) is 4.10. The summed E-state index contributed by atoms with van der Waals surface area (Å²) in [7, 11) is 0. The summed E-state index contributed by atoms with van der Waals surface area (Å²) in [6, 6.07) is 9.98. The van der Waals surface area contributed by atoms with Gasteiger partial charge in [0.25, 0.3) is 0 Å². The summed E-state index contributed by atoms with van der Waals surface area (Å²) in [6.07, 6.45) is 3.40. The lowest BCUT2D eigenvalue weighted by Crippen LogP contribution is -2.18. The van der Waals surface area contributed by atoms with Crippen molar-refractivity contribution >= 4 is 60.9 Å². The number of thioether (sulfide) groups is 1. The molecule has 26 heavy (non-hydrogen) atoms. The van der Waals surface area contributed by atoms with Crippen molar-refractivity contribution in [1.29, 1.82) is 0 Å². The van der Waals surface area contributed by atoms with E-state index in [-0.39, 0.29) is 5.91 Å². The minimum Gasteiger partial charge on any atom is -0.494 e. The van der Waals surface area contributed by atoms with Gasteiger partial charge < -0.3 is 15.8 Å².